The van der Waals surface area contributed by atoms with E-state index in [9.17, 15) is 9.90 Å². The topological polar surface area (TPSA) is 88.8 Å². The summed E-state index contributed by atoms with van der Waals surface area (Å²) in [5, 5.41) is 14.3. The predicted octanol–water partition coefficient (Wildman–Crippen LogP) is 2.83. The summed E-state index contributed by atoms with van der Waals surface area (Å²) in [7, 11) is 0. The van der Waals surface area contributed by atoms with Crippen molar-refractivity contribution >= 4 is 5.65 Å². The molecule has 0 spiro atoms. The number of aromatic nitrogens is 3. The van der Waals surface area contributed by atoms with Crippen molar-refractivity contribution < 1.29 is 14.6 Å². The molecular formula is C20H15N3O4. The van der Waals surface area contributed by atoms with Gasteiger partial charge in [0, 0.05) is 11.6 Å². The normalized spacial score (nSPS) is 13.0. The van der Waals surface area contributed by atoms with Gasteiger partial charge in [-0.05, 0) is 23.8 Å². The van der Waals surface area contributed by atoms with Crippen molar-refractivity contribution in [3.63, 3.8) is 0 Å². The SMILES string of the molecule is O=c1cc(-c2ccc3c(c2)OCCO3)[nH]c2c(-c3ccccc3)c(O)nn12. The van der Waals surface area contributed by atoms with E-state index in [1.165, 1.54) is 10.6 Å². The molecule has 5 rings (SSSR count). The molecule has 0 fully saturated rings. The number of rotatable bonds is 2. The van der Waals surface area contributed by atoms with E-state index < -0.39 is 0 Å². The molecule has 2 aromatic carbocycles. The monoisotopic (exact) mass is 361 g/mol. The second kappa shape index (κ2) is 5.91. The molecule has 0 unspecified atom stereocenters. The zero-order valence-electron chi connectivity index (χ0n) is 14.2. The molecule has 1 aliphatic rings. The van der Waals surface area contributed by atoms with Crippen LogP contribution in [0, 0.1) is 0 Å². The average molecular weight is 361 g/mol. The number of aromatic amines is 1. The zero-order valence-corrected chi connectivity index (χ0v) is 14.2. The lowest BCUT2D eigenvalue weighted by Gasteiger charge is -2.18. The van der Waals surface area contributed by atoms with Gasteiger partial charge in [-0.3, -0.25) is 4.79 Å². The Morgan fingerprint density at radius 3 is 2.56 bits per heavy atom. The first-order valence-electron chi connectivity index (χ1n) is 8.51. The molecular weight excluding hydrogens is 346 g/mol. The molecule has 0 atom stereocenters. The highest BCUT2D eigenvalue weighted by atomic mass is 16.6. The number of nitrogens with zero attached hydrogens (tertiary/aromatic N) is 2. The van der Waals surface area contributed by atoms with E-state index in [-0.39, 0.29) is 11.4 Å². The van der Waals surface area contributed by atoms with Gasteiger partial charge in [-0.25, -0.2) is 0 Å². The van der Waals surface area contributed by atoms with E-state index in [4.69, 9.17) is 9.47 Å². The lowest BCUT2D eigenvalue weighted by atomic mass is 10.1. The van der Waals surface area contributed by atoms with Gasteiger partial charge in [-0.15, -0.1) is 5.10 Å². The van der Waals surface area contributed by atoms with Gasteiger partial charge in [0.2, 0.25) is 5.88 Å². The number of fused-ring (bicyclic) bond motifs is 2. The fourth-order valence-electron chi connectivity index (χ4n) is 3.27. The van der Waals surface area contributed by atoms with Crippen LogP contribution in [0.3, 0.4) is 0 Å². The van der Waals surface area contributed by atoms with E-state index in [0.29, 0.717) is 41.6 Å². The first-order chi connectivity index (χ1) is 13.2. The van der Waals surface area contributed by atoms with Crippen LogP contribution in [0.5, 0.6) is 17.4 Å². The molecule has 0 amide bonds. The number of aromatic hydroxyl groups is 1. The van der Waals surface area contributed by atoms with E-state index in [0.717, 1.165) is 11.1 Å². The zero-order chi connectivity index (χ0) is 18.4. The van der Waals surface area contributed by atoms with Gasteiger partial charge in [0.1, 0.15) is 18.9 Å². The molecule has 0 saturated carbocycles. The van der Waals surface area contributed by atoms with Crippen molar-refractivity contribution in [2.45, 2.75) is 0 Å². The molecule has 2 aromatic heterocycles. The van der Waals surface area contributed by atoms with Crippen LogP contribution < -0.4 is 15.0 Å². The third kappa shape index (κ3) is 2.52. The molecule has 1 aliphatic heterocycles. The highest BCUT2D eigenvalue weighted by molar-refractivity contribution is 5.83. The molecule has 4 aromatic rings. The summed E-state index contributed by atoms with van der Waals surface area (Å²) >= 11 is 0. The van der Waals surface area contributed by atoms with Gasteiger partial charge in [-0.2, -0.15) is 4.52 Å². The van der Waals surface area contributed by atoms with Crippen LogP contribution in [0.1, 0.15) is 0 Å². The van der Waals surface area contributed by atoms with Gasteiger partial charge in [0.25, 0.3) is 5.56 Å². The molecule has 0 aliphatic carbocycles. The summed E-state index contributed by atoms with van der Waals surface area (Å²) < 4.78 is 12.3. The molecule has 27 heavy (non-hydrogen) atoms. The Balaban J connectivity index is 1.72. The number of H-pyrrole nitrogens is 1. The largest absolute Gasteiger partial charge is 0.492 e. The highest BCUT2D eigenvalue weighted by Gasteiger charge is 2.18. The Morgan fingerprint density at radius 2 is 1.74 bits per heavy atom. The standard InChI is InChI=1S/C20H15N3O4/c24-17-11-14(13-6-7-15-16(10-13)27-9-8-26-15)21-19-18(20(25)22-23(17)19)12-4-2-1-3-5-12/h1-7,10-11,21H,8-9H2,(H,22,25). The maximum absolute atomic E-state index is 12.6. The van der Waals surface area contributed by atoms with Crippen molar-refractivity contribution in [1.29, 1.82) is 0 Å². The Bertz CT molecular complexity index is 1210. The lowest BCUT2D eigenvalue weighted by Crippen LogP contribution is -2.16. The fourth-order valence-corrected chi connectivity index (χ4v) is 3.27. The minimum atomic E-state index is -0.342. The molecule has 134 valence electrons. The minimum absolute atomic E-state index is 0.200. The Morgan fingerprint density at radius 1 is 0.963 bits per heavy atom. The summed E-state index contributed by atoms with van der Waals surface area (Å²) in [5.74, 6) is 1.12. The fraction of sp³-hybridized carbons (Fsp3) is 0.100. The number of ether oxygens (including phenoxy) is 2. The van der Waals surface area contributed by atoms with Crippen LogP contribution in [0.4, 0.5) is 0 Å². The summed E-state index contributed by atoms with van der Waals surface area (Å²) in [6, 6.07) is 16.3. The van der Waals surface area contributed by atoms with E-state index in [2.05, 4.69) is 10.1 Å². The summed E-state index contributed by atoms with van der Waals surface area (Å²) in [6.45, 7) is 1.01. The number of hydrogen-bond donors (Lipinski definition) is 2. The van der Waals surface area contributed by atoms with Crippen molar-refractivity contribution in [3.8, 4) is 39.8 Å². The van der Waals surface area contributed by atoms with Gasteiger partial charge < -0.3 is 19.6 Å². The number of nitrogens with one attached hydrogen (secondary N) is 1. The maximum Gasteiger partial charge on any atom is 0.275 e. The van der Waals surface area contributed by atoms with E-state index in [1.807, 2.05) is 48.5 Å². The summed E-state index contributed by atoms with van der Waals surface area (Å²) in [4.78, 5) is 15.8. The Kier molecular flexibility index (Phi) is 3.39. The molecule has 2 N–H and O–H groups in total. The molecule has 0 radical (unpaired) electrons. The highest BCUT2D eigenvalue weighted by Crippen LogP contribution is 2.35. The number of hydrogen-bond acceptors (Lipinski definition) is 5. The van der Waals surface area contributed by atoms with E-state index in [1.54, 1.807) is 0 Å². The van der Waals surface area contributed by atoms with Crippen LogP contribution in [-0.4, -0.2) is 32.9 Å². The first kappa shape index (κ1) is 15.5. The quantitative estimate of drug-likeness (QED) is 0.573. The Labute approximate surface area is 153 Å². The third-order valence-electron chi connectivity index (χ3n) is 4.51. The van der Waals surface area contributed by atoms with Crippen LogP contribution in [-0.2, 0) is 0 Å². The maximum atomic E-state index is 12.6. The average Bonchev–Trinajstić information content (AvgIpc) is 3.05. The van der Waals surface area contributed by atoms with Gasteiger partial charge in [0.15, 0.2) is 11.5 Å². The number of benzene rings is 2. The Hall–Kier alpha value is -3.74. The van der Waals surface area contributed by atoms with Crippen LogP contribution in [0.15, 0.2) is 59.4 Å². The van der Waals surface area contributed by atoms with Gasteiger partial charge in [-0.1, -0.05) is 30.3 Å². The second-order valence-electron chi connectivity index (χ2n) is 6.20. The molecule has 0 saturated heterocycles. The first-order valence-corrected chi connectivity index (χ1v) is 8.51. The van der Waals surface area contributed by atoms with Crippen molar-refractivity contribution in [2.75, 3.05) is 13.2 Å². The molecule has 7 nitrogen and oxygen atoms in total. The van der Waals surface area contributed by atoms with Crippen LogP contribution in [0.25, 0.3) is 28.0 Å². The minimum Gasteiger partial charge on any atom is -0.492 e. The molecule has 0 bridgehead atoms. The smallest absolute Gasteiger partial charge is 0.275 e. The van der Waals surface area contributed by atoms with Crippen LogP contribution in [0.2, 0.25) is 0 Å². The third-order valence-corrected chi connectivity index (χ3v) is 4.51. The summed E-state index contributed by atoms with van der Waals surface area (Å²) in [5.41, 5.74) is 2.70. The second-order valence-corrected chi connectivity index (χ2v) is 6.20. The van der Waals surface area contributed by atoms with E-state index >= 15 is 0 Å². The molecule has 3 heterocycles. The van der Waals surface area contributed by atoms with Gasteiger partial charge >= 0.3 is 0 Å². The molecule has 7 heteroatoms. The van der Waals surface area contributed by atoms with Crippen molar-refractivity contribution in [1.82, 2.24) is 14.6 Å². The van der Waals surface area contributed by atoms with Crippen molar-refractivity contribution in [3.05, 3.63) is 65.0 Å². The summed E-state index contributed by atoms with van der Waals surface area (Å²) in [6.07, 6.45) is 0. The predicted molar refractivity (Wildman–Crippen MR) is 99.3 cm³/mol. The van der Waals surface area contributed by atoms with Crippen molar-refractivity contribution in [2.24, 2.45) is 0 Å². The van der Waals surface area contributed by atoms with Crippen LogP contribution >= 0.6 is 0 Å². The lowest BCUT2D eigenvalue weighted by molar-refractivity contribution is 0.171. The van der Waals surface area contributed by atoms with Gasteiger partial charge in [0.05, 0.1) is 11.3 Å².